The van der Waals surface area contributed by atoms with Gasteiger partial charge in [-0.05, 0) is 30.2 Å². The lowest BCUT2D eigenvalue weighted by Gasteiger charge is -2.17. The highest BCUT2D eigenvalue weighted by molar-refractivity contribution is 6.07. The second-order valence-corrected chi connectivity index (χ2v) is 5.51. The molecule has 3 rings (SSSR count). The maximum atomic E-state index is 12.8. The molecule has 1 aromatic heterocycles. The van der Waals surface area contributed by atoms with Gasteiger partial charge in [0.1, 0.15) is 5.69 Å². The van der Waals surface area contributed by atoms with E-state index >= 15 is 0 Å². The number of ether oxygens (including phenoxy) is 1. The second-order valence-electron chi connectivity index (χ2n) is 5.51. The first-order valence-corrected chi connectivity index (χ1v) is 7.83. The summed E-state index contributed by atoms with van der Waals surface area (Å²) < 4.78 is 4.90. The fourth-order valence-corrected chi connectivity index (χ4v) is 2.74. The predicted molar refractivity (Wildman–Crippen MR) is 90.3 cm³/mol. The molecule has 2 aromatic rings. The molecular weight excluding hydrogens is 306 g/mol. The molecule has 1 N–H and O–H groups in total. The van der Waals surface area contributed by atoms with Crippen molar-refractivity contribution in [3.05, 3.63) is 59.4 Å². The van der Waals surface area contributed by atoms with Crippen LogP contribution in [0.15, 0.2) is 42.6 Å². The van der Waals surface area contributed by atoms with Gasteiger partial charge in [0.15, 0.2) is 0 Å². The van der Waals surface area contributed by atoms with Gasteiger partial charge in [0.25, 0.3) is 11.8 Å². The van der Waals surface area contributed by atoms with Gasteiger partial charge in [-0.25, -0.2) is 0 Å². The number of amides is 2. The van der Waals surface area contributed by atoms with Crippen molar-refractivity contribution in [1.29, 1.82) is 0 Å². The number of fused-ring (bicyclic) bond motifs is 1. The van der Waals surface area contributed by atoms with Crippen LogP contribution in [-0.4, -0.2) is 43.6 Å². The van der Waals surface area contributed by atoms with E-state index < -0.39 is 0 Å². The summed E-state index contributed by atoms with van der Waals surface area (Å²) in [5.74, 6) is -0.434. The standard InChI is InChI=1S/C18H19N3O3/c1-24-11-9-20-17(22)14-6-8-19-15(12-14)18(23)21-10-7-13-4-2-3-5-16(13)21/h2-6,8,12H,7,9-11H2,1H3,(H,20,22). The number of hydrogen-bond donors (Lipinski definition) is 1. The lowest BCUT2D eigenvalue weighted by atomic mass is 10.1. The van der Waals surface area contributed by atoms with E-state index in [1.165, 1.54) is 12.3 Å². The topological polar surface area (TPSA) is 71.5 Å². The summed E-state index contributed by atoms with van der Waals surface area (Å²) in [6, 6.07) is 11.0. The Morgan fingerprint density at radius 2 is 2.12 bits per heavy atom. The molecule has 0 fully saturated rings. The third-order valence-corrected chi connectivity index (χ3v) is 3.97. The number of anilines is 1. The van der Waals surface area contributed by atoms with Crippen LogP contribution in [0.25, 0.3) is 0 Å². The Morgan fingerprint density at radius 1 is 1.29 bits per heavy atom. The highest BCUT2D eigenvalue weighted by Gasteiger charge is 2.26. The van der Waals surface area contributed by atoms with Crippen molar-refractivity contribution in [1.82, 2.24) is 10.3 Å². The Hall–Kier alpha value is -2.73. The van der Waals surface area contributed by atoms with Crippen molar-refractivity contribution in [2.75, 3.05) is 31.7 Å². The summed E-state index contributed by atoms with van der Waals surface area (Å²) in [6.45, 7) is 1.48. The number of hydrogen-bond acceptors (Lipinski definition) is 4. The van der Waals surface area contributed by atoms with Crippen molar-refractivity contribution in [2.45, 2.75) is 6.42 Å². The van der Waals surface area contributed by atoms with Crippen molar-refractivity contribution in [2.24, 2.45) is 0 Å². The van der Waals surface area contributed by atoms with Crippen molar-refractivity contribution in [3.8, 4) is 0 Å². The second kappa shape index (κ2) is 7.23. The monoisotopic (exact) mass is 325 g/mol. The quantitative estimate of drug-likeness (QED) is 0.849. The zero-order valence-electron chi connectivity index (χ0n) is 13.5. The van der Waals surface area contributed by atoms with Gasteiger partial charge in [-0.1, -0.05) is 18.2 Å². The average molecular weight is 325 g/mol. The highest BCUT2D eigenvalue weighted by Crippen LogP contribution is 2.28. The maximum absolute atomic E-state index is 12.8. The molecule has 1 aliphatic rings. The molecule has 0 atom stereocenters. The summed E-state index contributed by atoms with van der Waals surface area (Å²) >= 11 is 0. The smallest absolute Gasteiger partial charge is 0.276 e. The fraction of sp³-hybridized carbons (Fsp3) is 0.278. The van der Waals surface area contributed by atoms with E-state index in [-0.39, 0.29) is 17.5 Å². The molecule has 124 valence electrons. The summed E-state index contributed by atoms with van der Waals surface area (Å²) in [6.07, 6.45) is 2.32. The SMILES string of the molecule is COCCNC(=O)c1ccnc(C(=O)N2CCc3ccccc32)c1. The summed E-state index contributed by atoms with van der Waals surface area (Å²) in [5, 5.41) is 2.73. The Balaban J connectivity index is 1.77. The van der Waals surface area contributed by atoms with E-state index in [2.05, 4.69) is 10.3 Å². The number of aromatic nitrogens is 1. The third-order valence-electron chi connectivity index (χ3n) is 3.97. The highest BCUT2D eigenvalue weighted by atomic mass is 16.5. The van der Waals surface area contributed by atoms with Crippen LogP contribution < -0.4 is 10.2 Å². The van der Waals surface area contributed by atoms with Crippen LogP contribution >= 0.6 is 0 Å². The van der Waals surface area contributed by atoms with E-state index in [0.29, 0.717) is 25.3 Å². The molecule has 6 heteroatoms. The van der Waals surface area contributed by atoms with Gasteiger partial charge in [-0.3, -0.25) is 14.6 Å². The number of pyridine rings is 1. The Labute approximate surface area is 140 Å². The number of nitrogens with zero attached hydrogens (tertiary/aromatic N) is 2. The molecule has 0 saturated heterocycles. The van der Waals surface area contributed by atoms with Crippen LogP contribution in [0, 0.1) is 0 Å². The Bertz CT molecular complexity index is 761. The number of nitrogens with one attached hydrogen (secondary N) is 1. The lowest BCUT2D eigenvalue weighted by Crippen LogP contribution is -2.31. The van der Waals surface area contributed by atoms with E-state index in [4.69, 9.17) is 4.74 Å². The first kappa shape index (κ1) is 16.1. The van der Waals surface area contributed by atoms with Crippen molar-refractivity contribution >= 4 is 17.5 Å². The van der Waals surface area contributed by atoms with Crippen molar-refractivity contribution < 1.29 is 14.3 Å². The zero-order valence-corrected chi connectivity index (χ0v) is 13.5. The van der Waals surface area contributed by atoms with E-state index in [9.17, 15) is 9.59 Å². The van der Waals surface area contributed by atoms with Gasteiger partial charge in [0.05, 0.1) is 6.61 Å². The number of methoxy groups -OCH3 is 1. The summed E-state index contributed by atoms with van der Waals surface area (Å²) in [4.78, 5) is 30.7. The number of benzene rings is 1. The minimum atomic E-state index is -0.245. The molecule has 2 amide bonds. The molecule has 0 bridgehead atoms. The molecular formula is C18H19N3O3. The zero-order chi connectivity index (χ0) is 16.9. The maximum Gasteiger partial charge on any atom is 0.276 e. The number of carbonyl (C=O) groups excluding carboxylic acids is 2. The summed E-state index contributed by atoms with van der Waals surface area (Å²) in [7, 11) is 1.57. The fourth-order valence-electron chi connectivity index (χ4n) is 2.74. The molecule has 0 radical (unpaired) electrons. The lowest BCUT2D eigenvalue weighted by molar-refractivity contribution is 0.0937. The molecule has 0 saturated carbocycles. The van der Waals surface area contributed by atoms with Gasteiger partial charge in [0.2, 0.25) is 0 Å². The van der Waals surface area contributed by atoms with E-state index in [0.717, 1.165) is 17.7 Å². The predicted octanol–water partition coefficient (Wildman–Crippen LogP) is 1.66. The first-order chi connectivity index (χ1) is 11.7. The molecule has 6 nitrogen and oxygen atoms in total. The summed E-state index contributed by atoms with van der Waals surface area (Å²) in [5.41, 5.74) is 2.75. The minimum absolute atomic E-state index is 0.188. The van der Waals surface area contributed by atoms with Crippen LogP contribution in [0.1, 0.15) is 26.4 Å². The van der Waals surface area contributed by atoms with Gasteiger partial charge in [0, 0.05) is 37.6 Å². The average Bonchev–Trinajstić information content (AvgIpc) is 3.05. The van der Waals surface area contributed by atoms with Crippen LogP contribution in [0.5, 0.6) is 0 Å². The van der Waals surface area contributed by atoms with Gasteiger partial charge in [-0.15, -0.1) is 0 Å². The third kappa shape index (κ3) is 3.28. The van der Waals surface area contributed by atoms with Crippen LogP contribution in [0.2, 0.25) is 0 Å². The molecule has 0 spiro atoms. The van der Waals surface area contributed by atoms with E-state index in [1.54, 1.807) is 18.1 Å². The van der Waals surface area contributed by atoms with Crippen LogP contribution in [-0.2, 0) is 11.2 Å². The van der Waals surface area contributed by atoms with Crippen LogP contribution in [0.4, 0.5) is 5.69 Å². The number of rotatable bonds is 5. The molecule has 24 heavy (non-hydrogen) atoms. The largest absolute Gasteiger partial charge is 0.383 e. The first-order valence-electron chi connectivity index (χ1n) is 7.83. The molecule has 1 aromatic carbocycles. The number of para-hydroxylation sites is 1. The van der Waals surface area contributed by atoms with Crippen molar-refractivity contribution in [3.63, 3.8) is 0 Å². The van der Waals surface area contributed by atoms with Crippen LogP contribution in [0.3, 0.4) is 0 Å². The van der Waals surface area contributed by atoms with Gasteiger partial charge >= 0.3 is 0 Å². The van der Waals surface area contributed by atoms with Gasteiger partial charge < -0.3 is 15.0 Å². The molecule has 2 heterocycles. The Morgan fingerprint density at radius 3 is 2.96 bits per heavy atom. The normalized spacial score (nSPS) is 12.8. The number of carbonyl (C=O) groups is 2. The van der Waals surface area contributed by atoms with E-state index in [1.807, 2.05) is 24.3 Å². The minimum Gasteiger partial charge on any atom is -0.383 e. The molecule has 0 aliphatic carbocycles. The molecule has 0 unspecified atom stereocenters. The Kier molecular flexibility index (Phi) is 4.86. The van der Waals surface area contributed by atoms with Gasteiger partial charge in [-0.2, -0.15) is 0 Å². The molecule has 1 aliphatic heterocycles.